The van der Waals surface area contributed by atoms with Crippen LogP contribution in [0.5, 0.6) is 0 Å². The van der Waals surface area contributed by atoms with E-state index < -0.39 is 0 Å². The highest BCUT2D eigenvalue weighted by Crippen LogP contribution is 2.14. The van der Waals surface area contributed by atoms with E-state index >= 15 is 0 Å². The van der Waals surface area contributed by atoms with Gasteiger partial charge in [-0.1, -0.05) is 6.42 Å². The average molecular weight is 143 g/mol. The van der Waals surface area contributed by atoms with Crippen LogP contribution in [-0.4, -0.2) is 20.2 Å². The maximum absolute atomic E-state index is 5.38. The van der Waals surface area contributed by atoms with Crippen molar-refractivity contribution in [1.82, 2.24) is 0 Å². The van der Waals surface area contributed by atoms with Crippen molar-refractivity contribution >= 4 is 14.1 Å². The van der Waals surface area contributed by atoms with E-state index in [1.54, 1.807) is 0 Å². The predicted molar refractivity (Wildman–Crippen MR) is 45.2 cm³/mol. The lowest BCUT2D eigenvalue weighted by Gasteiger charge is -2.18. The van der Waals surface area contributed by atoms with Gasteiger partial charge in [0.25, 0.3) is 14.1 Å². The molecule has 1 rings (SSSR count). The molecule has 2 N–H and O–H groups in total. The molecule has 2 heteroatoms. The standard InChI is InChI=1S/C4H9N.3CH3.Al/c5-4-2-1-3-4;;;;/h4H,1-3,5H2;3*1H3;. The van der Waals surface area contributed by atoms with Crippen LogP contribution in [0.2, 0.25) is 17.4 Å². The summed E-state index contributed by atoms with van der Waals surface area (Å²) in [7, 11) is 0. The summed E-state index contributed by atoms with van der Waals surface area (Å²) in [6.07, 6.45) is 3.89. The first kappa shape index (κ1) is 9.49. The molecule has 0 radical (unpaired) electrons. The third kappa shape index (κ3) is 8.49. The molecule has 0 aromatic carbocycles. The van der Waals surface area contributed by atoms with Gasteiger partial charge in [0.2, 0.25) is 0 Å². The second-order valence-electron chi connectivity index (χ2n) is 3.42. The highest BCUT2D eigenvalue weighted by atomic mass is 27.2. The van der Waals surface area contributed by atoms with Crippen LogP contribution in [0.15, 0.2) is 0 Å². The largest absolute Gasteiger partial charge is 0.328 e. The third-order valence-electron chi connectivity index (χ3n) is 1.15. The van der Waals surface area contributed by atoms with E-state index in [1.807, 2.05) is 0 Å². The Kier molecular flexibility index (Phi) is 5.58. The van der Waals surface area contributed by atoms with Gasteiger partial charge in [0, 0.05) is 6.04 Å². The summed E-state index contributed by atoms with van der Waals surface area (Å²) in [4.78, 5) is 0. The molecule has 1 aliphatic carbocycles. The SMILES string of the molecule is NC1CCC1.[CH3][Al]([CH3])[CH3]. The second-order valence-corrected chi connectivity index (χ2v) is 6.89. The summed E-state index contributed by atoms with van der Waals surface area (Å²) in [6, 6.07) is 0.565. The summed E-state index contributed by atoms with van der Waals surface area (Å²) in [6.45, 7) is 0. The van der Waals surface area contributed by atoms with E-state index in [2.05, 4.69) is 17.4 Å². The molecule has 0 amide bonds. The minimum Gasteiger partial charge on any atom is -0.328 e. The Morgan fingerprint density at radius 3 is 1.44 bits per heavy atom. The summed E-state index contributed by atoms with van der Waals surface area (Å²) in [5.74, 6) is 6.92. The molecule has 0 unspecified atom stereocenters. The zero-order chi connectivity index (χ0) is 7.28. The average Bonchev–Trinajstić information content (AvgIpc) is 1.59. The van der Waals surface area contributed by atoms with Gasteiger partial charge in [0.1, 0.15) is 0 Å². The second kappa shape index (κ2) is 5.29. The van der Waals surface area contributed by atoms with Crippen LogP contribution in [0.4, 0.5) is 0 Å². The maximum Gasteiger partial charge on any atom is 0.251 e. The molecule has 0 heterocycles. The molecule has 54 valence electrons. The Balaban J connectivity index is 0.000000148. The molecule has 9 heavy (non-hydrogen) atoms. The lowest BCUT2D eigenvalue weighted by Crippen LogP contribution is -2.27. The van der Waals surface area contributed by atoms with Crippen LogP contribution >= 0.6 is 0 Å². The molecular weight excluding hydrogens is 125 g/mol. The minimum absolute atomic E-state index is 0.139. The summed E-state index contributed by atoms with van der Waals surface area (Å²) in [5.41, 5.74) is 5.38. The molecule has 1 nitrogen and oxygen atoms in total. The van der Waals surface area contributed by atoms with Crippen molar-refractivity contribution in [1.29, 1.82) is 0 Å². The fourth-order valence-corrected chi connectivity index (χ4v) is 0.440. The van der Waals surface area contributed by atoms with Gasteiger partial charge >= 0.3 is 0 Å². The number of hydrogen-bond donors (Lipinski definition) is 1. The molecule has 0 atom stereocenters. The highest BCUT2D eigenvalue weighted by Gasteiger charge is 2.09. The van der Waals surface area contributed by atoms with Crippen LogP contribution in [0.3, 0.4) is 0 Å². The zero-order valence-corrected chi connectivity index (χ0v) is 8.01. The van der Waals surface area contributed by atoms with Crippen LogP contribution in [0.1, 0.15) is 19.3 Å². The summed E-state index contributed by atoms with van der Waals surface area (Å²) in [5, 5.41) is 0. The molecule has 0 spiro atoms. The van der Waals surface area contributed by atoms with Gasteiger partial charge in [-0.3, -0.25) is 0 Å². The fraction of sp³-hybridized carbons (Fsp3) is 1.00. The quantitative estimate of drug-likeness (QED) is 0.515. The van der Waals surface area contributed by atoms with E-state index in [4.69, 9.17) is 5.73 Å². The third-order valence-corrected chi connectivity index (χ3v) is 1.15. The number of rotatable bonds is 0. The van der Waals surface area contributed by atoms with Crippen molar-refractivity contribution in [3.05, 3.63) is 0 Å². The predicted octanol–water partition coefficient (Wildman–Crippen LogP) is 1.87. The van der Waals surface area contributed by atoms with E-state index in [0.29, 0.717) is 6.04 Å². The summed E-state index contributed by atoms with van der Waals surface area (Å²) < 4.78 is 0. The Morgan fingerprint density at radius 2 is 1.44 bits per heavy atom. The molecule has 0 aliphatic heterocycles. The molecule has 1 aliphatic rings. The van der Waals surface area contributed by atoms with Crippen LogP contribution in [0, 0.1) is 0 Å². The van der Waals surface area contributed by atoms with Crippen molar-refractivity contribution in [2.24, 2.45) is 5.73 Å². The topological polar surface area (TPSA) is 26.0 Å². The van der Waals surface area contributed by atoms with Crippen molar-refractivity contribution in [2.75, 3.05) is 0 Å². The lowest BCUT2D eigenvalue weighted by atomic mass is 9.95. The highest BCUT2D eigenvalue weighted by molar-refractivity contribution is 6.54. The van der Waals surface area contributed by atoms with Gasteiger partial charge in [-0.2, -0.15) is 0 Å². The fourth-order valence-electron chi connectivity index (χ4n) is 0.440. The van der Waals surface area contributed by atoms with Crippen LogP contribution in [0.25, 0.3) is 0 Å². The first-order valence-electron chi connectivity index (χ1n) is 3.88. The monoisotopic (exact) mass is 143 g/mol. The van der Waals surface area contributed by atoms with Crippen molar-refractivity contribution in [3.8, 4) is 0 Å². The normalized spacial score (nSPS) is 17.3. The lowest BCUT2D eigenvalue weighted by molar-refractivity contribution is 0.418. The molecular formula is C7H18AlN. The Labute approximate surface area is 63.0 Å². The smallest absolute Gasteiger partial charge is 0.251 e. The molecule has 1 saturated carbocycles. The van der Waals surface area contributed by atoms with E-state index in [-0.39, 0.29) is 14.1 Å². The van der Waals surface area contributed by atoms with Gasteiger partial charge in [-0.05, 0) is 12.8 Å². The molecule has 1 fully saturated rings. The van der Waals surface area contributed by atoms with Gasteiger partial charge in [-0.25, -0.2) is 0 Å². The Morgan fingerprint density at radius 1 is 1.22 bits per heavy atom. The first-order chi connectivity index (χ1) is 4.13. The van der Waals surface area contributed by atoms with E-state index in [9.17, 15) is 0 Å². The van der Waals surface area contributed by atoms with Gasteiger partial charge in [0.05, 0.1) is 0 Å². The molecule has 0 bridgehead atoms. The Hall–Kier alpha value is 0.492. The number of hydrogen-bond acceptors (Lipinski definition) is 1. The van der Waals surface area contributed by atoms with Crippen molar-refractivity contribution < 1.29 is 0 Å². The van der Waals surface area contributed by atoms with Crippen LogP contribution < -0.4 is 5.73 Å². The summed E-state index contributed by atoms with van der Waals surface area (Å²) >= 11 is -0.139. The van der Waals surface area contributed by atoms with Crippen molar-refractivity contribution in [2.45, 2.75) is 42.7 Å². The molecule has 0 saturated heterocycles. The Bertz CT molecular complexity index is 57.2. The number of nitrogens with two attached hydrogens (primary N) is 1. The van der Waals surface area contributed by atoms with Crippen molar-refractivity contribution in [3.63, 3.8) is 0 Å². The van der Waals surface area contributed by atoms with Gasteiger partial charge < -0.3 is 5.73 Å². The molecule has 0 aromatic heterocycles. The molecule has 0 aromatic rings. The van der Waals surface area contributed by atoms with E-state index in [1.165, 1.54) is 19.3 Å². The van der Waals surface area contributed by atoms with Gasteiger partial charge in [-0.15, -0.1) is 17.4 Å². The first-order valence-corrected chi connectivity index (χ1v) is 7.35. The van der Waals surface area contributed by atoms with E-state index in [0.717, 1.165) is 0 Å². The van der Waals surface area contributed by atoms with Gasteiger partial charge in [0.15, 0.2) is 0 Å². The minimum atomic E-state index is -0.139. The maximum atomic E-state index is 5.38. The van der Waals surface area contributed by atoms with Crippen LogP contribution in [-0.2, 0) is 0 Å². The zero-order valence-electron chi connectivity index (χ0n) is 6.85.